The van der Waals surface area contributed by atoms with Crippen molar-refractivity contribution in [1.82, 2.24) is 0 Å². The first kappa shape index (κ1) is 28.5. The molecule has 2 aromatic carbocycles. The second kappa shape index (κ2) is 12.3. The largest absolute Gasteiger partial charge is 0.325 e. The Balaban J connectivity index is 2.11. The third kappa shape index (κ3) is 9.43. The topological polar surface area (TPSA) is 63.2 Å². The second-order valence-electron chi connectivity index (χ2n) is 11.8. The summed E-state index contributed by atoms with van der Waals surface area (Å²) in [6.45, 7) is 14.5. The number of hydrogen-bond acceptors (Lipinski definition) is 3. The lowest BCUT2D eigenvalue weighted by Gasteiger charge is -2.20. The standard InChI is InChI=1S/C31H43NO3/c1-22(33)11-9-8-10-12-27(28(34)21-23-13-15-24(16-14-23)30(2,3)4)29(35)32-26-19-17-25(18-20-26)31(5,6)7/h13-20,27H,8-12,21H2,1-7H3,(H,32,35). The Morgan fingerprint density at radius 2 is 1.26 bits per heavy atom. The highest BCUT2D eigenvalue weighted by Crippen LogP contribution is 2.25. The van der Waals surface area contributed by atoms with Gasteiger partial charge < -0.3 is 10.1 Å². The summed E-state index contributed by atoms with van der Waals surface area (Å²) in [5.74, 6) is -0.857. The number of rotatable bonds is 11. The molecule has 0 aliphatic heterocycles. The molecule has 1 N–H and O–H groups in total. The molecule has 2 rings (SSSR count). The van der Waals surface area contributed by atoms with Gasteiger partial charge in [0.25, 0.3) is 0 Å². The number of benzene rings is 2. The molecule has 1 unspecified atom stereocenters. The summed E-state index contributed by atoms with van der Waals surface area (Å²) in [7, 11) is 0. The summed E-state index contributed by atoms with van der Waals surface area (Å²) in [4.78, 5) is 37.7. The molecule has 0 radical (unpaired) electrons. The van der Waals surface area contributed by atoms with Gasteiger partial charge >= 0.3 is 0 Å². The number of anilines is 1. The molecule has 4 nitrogen and oxygen atoms in total. The average Bonchev–Trinajstić information content (AvgIpc) is 2.75. The Bertz CT molecular complexity index is 918. The maximum atomic E-state index is 13.3. The maximum absolute atomic E-state index is 13.3. The highest BCUT2D eigenvalue weighted by atomic mass is 16.2. The molecule has 0 aromatic heterocycles. The van der Waals surface area contributed by atoms with Crippen LogP contribution in [0.15, 0.2) is 48.5 Å². The van der Waals surface area contributed by atoms with Crippen molar-refractivity contribution >= 4 is 23.2 Å². The molecule has 0 aliphatic rings. The summed E-state index contributed by atoms with van der Waals surface area (Å²) < 4.78 is 0. The van der Waals surface area contributed by atoms with Crippen molar-refractivity contribution in [2.45, 2.75) is 97.8 Å². The van der Waals surface area contributed by atoms with E-state index in [-0.39, 0.29) is 34.7 Å². The Labute approximate surface area is 211 Å². The summed E-state index contributed by atoms with van der Waals surface area (Å²) in [5.41, 5.74) is 4.11. The first-order chi connectivity index (χ1) is 16.3. The van der Waals surface area contributed by atoms with Crippen LogP contribution >= 0.6 is 0 Å². The molecule has 0 saturated heterocycles. The summed E-state index contributed by atoms with van der Waals surface area (Å²) in [6, 6.07) is 16.0. The third-order valence-electron chi connectivity index (χ3n) is 6.44. The van der Waals surface area contributed by atoms with Gasteiger partial charge in [0.2, 0.25) is 5.91 Å². The van der Waals surface area contributed by atoms with E-state index in [0.717, 1.165) is 24.8 Å². The minimum absolute atomic E-state index is 0.0312. The minimum atomic E-state index is -0.711. The fourth-order valence-electron chi connectivity index (χ4n) is 4.07. The number of hydrogen-bond donors (Lipinski definition) is 1. The van der Waals surface area contributed by atoms with E-state index < -0.39 is 5.92 Å². The molecule has 4 heteroatoms. The number of Topliss-reactive ketones (excluding diaryl/α,β-unsaturated/α-hetero) is 2. The van der Waals surface area contributed by atoms with Crippen LogP contribution in [0.2, 0.25) is 0 Å². The zero-order valence-electron chi connectivity index (χ0n) is 22.7. The third-order valence-corrected chi connectivity index (χ3v) is 6.44. The van der Waals surface area contributed by atoms with E-state index in [4.69, 9.17) is 0 Å². The van der Waals surface area contributed by atoms with Gasteiger partial charge in [0.15, 0.2) is 0 Å². The van der Waals surface area contributed by atoms with Gasteiger partial charge in [-0.05, 0) is 59.4 Å². The Morgan fingerprint density at radius 3 is 1.74 bits per heavy atom. The van der Waals surface area contributed by atoms with E-state index >= 15 is 0 Å². The van der Waals surface area contributed by atoms with Gasteiger partial charge in [-0.1, -0.05) is 90.8 Å². The molecule has 0 spiro atoms. The van der Waals surface area contributed by atoms with E-state index in [0.29, 0.717) is 18.5 Å². The normalized spacial score (nSPS) is 12.8. The number of carbonyl (C=O) groups excluding carboxylic acids is 3. The number of nitrogens with one attached hydrogen (secondary N) is 1. The van der Waals surface area contributed by atoms with Crippen LogP contribution < -0.4 is 5.32 Å². The van der Waals surface area contributed by atoms with Crippen LogP contribution in [0.1, 0.15) is 97.3 Å². The van der Waals surface area contributed by atoms with Crippen molar-refractivity contribution in [2.75, 3.05) is 5.32 Å². The van der Waals surface area contributed by atoms with E-state index in [1.807, 2.05) is 36.4 Å². The highest BCUT2D eigenvalue weighted by Gasteiger charge is 2.26. The smallest absolute Gasteiger partial charge is 0.234 e. The van der Waals surface area contributed by atoms with Crippen LogP contribution in [0.25, 0.3) is 0 Å². The zero-order valence-corrected chi connectivity index (χ0v) is 22.7. The monoisotopic (exact) mass is 477 g/mol. The molecular weight excluding hydrogens is 434 g/mol. The van der Waals surface area contributed by atoms with Crippen molar-refractivity contribution in [1.29, 1.82) is 0 Å². The van der Waals surface area contributed by atoms with Crippen LogP contribution in [0.4, 0.5) is 5.69 Å². The SMILES string of the molecule is CC(=O)CCCCCC(C(=O)Cc1ccc(C(C)(C)C)cc1)C(=O)Nc1ccc(C(C)(C)C)cc1. The molecule has 0 bridgehead atoms. The van der Waals surface area contributed by atoms with Crippen molar-refractivity contribution in [2.24, 2.45) is 5.92 Å². The van der Waals surface area contributed by atoms with Gasteiger partial charge in [-0.15, -0.1) is 0 Å². The minimum Gasteiger partial charge on any atom is -0.325 e. The van der Waals surface area contributed by atoms with E-state index in [9.17, 15) is 14.4 Å². The zero-order chi connectivity index (χ0) is 26.2. The molecule has 0 heterocycles. The Morgan fingerprint density at radius 1 is 0.743 bits per heavy atom. The second-order valence-corrected chi connectivity index (χ2v) is 11.8. The van der Waals surface area contributed by atoms with Gasteiger partial charge in [-0.2, -0.15) is 0 Å². The number of amides is 1. The molecule has 0 saturated carbocycles. The molecule has 190 valence electrons. The molecule has 1 amide bonds. The molecule has 0 fully saturated rings. The summed E-state index contributed by atoms with van der Waals surface area (Å²) >= 11 is 0. The summed E-state index contributed by atoms with van der Waals surface area (Å²) in [6.07, 6.45) is 3.63. The lowest BCUT2D eigenvalue weighted by atomic mass is 9.85. The fraction of sp³-hybridized carbons (Fsp3) is 0.516. The fourth-order valence-corrected chi connectivity index (χ4v) is 4.07. The average molecular weight is 478 g/mol. The van der Waals surface area contributed by atoms with Gasteiger partial charge in [-0.3, -0.25) is 9.59 Å². The summed E-state index contributed by atoms with van der Waals surface area (Å²) in [5, 5.41) is 2.96. The quantitative estimate of drug-likeness (QED) is 0.275. The van der Waals surface area contributed by atoms with Crippen LogP contribution in [-0.4, -0.2) is 17.5 Å². The molecule has 0 aliphatic carbocycles. The van der Waals surface area contributed by atoms with Crippen LogP contribution in [-0.2, 0) is 31.6 Å². The van der Waals surface area contributed by atoms with Crippen LogP contribution in [0, 0.1) is 5.92 Å². The van der Waals surface area contributed by atoms with Crippen molar-refractivity contribution in [3.05, 3.63) is 65.2 Å². The molecule has 1 atom stereocenters. The lowest BCUT2D eigenvalue weighted by Crippen LogP contribution is -2.31. The first-order valence-electron chi connectivity index (χ1n) is 12.8. The number of unbranched alkanes of at least 4 members (excludes halogenated alkanes) is 2. The van der Waals surface area contributed by atoms with Crippen molar-refractivity contribution in [3.8, 4) is 0 Å². The Kier molecular flexibility index (Phi) is 10.00. The Hall–Kier alpha value is -2.75. The van der Waals surface area contributed by atoms with Gasteiger partial charge in [0.1, 0.15) is 11.6 Å². The molecular formula is C31H43NO3. The van der Waals surface area contributed by atoms with Gasteiger partial charge in [0, 0.05) is 18.5 Å². The predicted octanol–water partition coefficient (Wildman–Crippen LogP) is 7.19. The number of carbonyl (C=O) groups is 3. The lowest BCUT2D eigenvalue weighted by molar-refractivity contribution is -0.131. The van der Waals surface area contributed by atoms with E-state index in [1.165, 1.54) is 11.1 Å². The molecule has 35 heavy (non-hydrogen) atoms. The van der Waals surface area contributed by atoms with Gasteiger partial charge in [-0.25, -0.2) is 0 Å². The predicted molar refractivity (Wildman–Crippen MR) is 145 cm³/mol. The number of ketones is 2. The maximum Gasteiger partial charge on any atom is 0.234 e. The van der Waals surface area contributed by atoms with Crippen LogP contribution in [0.3, 0.4) is 0 Å². The molecule has 2 aromatic rings. The van der Waals surface area contributed by atoms with Gasteiger partial charge in [0.05, 0.1) is 5.92 Å². The first-order valence-corrected chi connectivity index (χ1v) is 12.8. The highest BCUT2D eigenvalue weighted by molar-refractivity contribution is 6.07. The van der Waals surface area contributed by atoms with Crippen molar-refractivity contribution < 1.29 is 14.4 Å². The van der Waals surface area contributed by atoms with Crippen molar-refractivity contribution in [3.63, 3.8) is 0 Å². The van der Waals surface area contributed by atoms with E-state index in [2.05, 4.69) is 59.0 Å². The van der Waals surface area contributed by atoms with Crippen LogP contribution in [0.5, 0.6) is 0 Å². The van der Waals surface area contributed by atoms with E-state index in [1.54, 1.807) is 6.92 Å².